The van der Waals surface area contributed by atoms with Crippen LogP contribution in [0.3, 0.4) is 0 Å². The molecule has 3 aromatic rings. The molecule has 0 fully saturated rings. The van der Waals surface area contributed by atoms with Crippen LogP contribution in [0.2, 0.25) is 0 Å². The average Bonchev–Trinajstić information content (AvgIpc) is 2.72. The van der Waals surface area contributed by atoms with Crippen LogP contribution in [-0.2, 0) is 22.1 Å². The Hall–Kier alpha value is -3.19. The molecule has 1 heterocycles. The number of nitrogens with one attached hydrogen (secondary N) is 1. The summed E-state index contributed by atoms with van der Waals surface area (Å²) in [5, 5.41) is 2.81. The summed E-state index contributed by atoms with van der Waals surface area (Å²) in [4.78, 5) is 16.8. The van der Waals surface area contributed by atoms with Crippen LogP contribution in [0, 0.1) is 6.92 Å². The SMILES string of the molecule is COc1ccc(C(=O)NCc2cccnc2)cc1CS(=O)(=O)c1ccc(C)cc1. The van der Waals surface area contributed by atoms with E-state index < -0.39 is 9.84 Å². The minimum Gasteiger partial charge on any atom is -0.496 e. The fraction of sp³-hybridized carbons (Fsp3) is 0.182. The van der Waals surface area contributed by atoms with Gasteiger partial charge < -0.3 is 10.1 Å². The number of nitrogens with zero attached hydrogens (tertiary/aromatic N) is 1. The van der Waals surface area contributed by atoms with Gasteiger partial charge in [-0.25, -0.2) is 8.42 Å². The molecule has 2 aromatic carbocycles. The minimum atomic E-state index is -3.58. The zero-order chi connectivity index (χ0) is 20.9. The topological polar surface area (TPSA) is 85.4 Å². The summed E-state index contributed by atoms with van der Waals surface area (Å²) in [7, 11) is -2.11. The molecule has 0 atom stereocenters. The van der Waals surface area contributed by atoms with Gasteiger partial charge in [0.1, 0.15) is 5.75 Å². The highest BCUT2D eigenvalue weighted by Gasteiger charge is 2.19. The van der Waals surface area contributed by atoms with Crippen molar-refractivity contribution in [2.24, 2.45) is 0 Å². The Balaban J connectivity index is 1.81. The van der Waals surface area contributed by atoms with Gasteiger partial charge in [0.25, 0.3) is 5.91 Å². The van der Waals surface area contributed by atoms with Crippen molar-refractivity contribution in [3.63, 3.8) is 0 Å². The van der Waals surface area contributed by atoms with E-state index in [1.165, 1.54) is 7.11 Å². The second-order valence-electron chi connectivity index (χ2n) is 6.64. The van der Waals surface area contributed by atoms with E-state index in [9.17, 15) is 13.2 Å². The Morgan fingerprint density at radius 1 is 1.10 bits per heavy atom. The summed E-state index contributed by atoms with van der Waals surface area (Å²) in [6, 6.07) is 15.1. The first-order valence-electron chi connectivity index (χ1n) is 9.02. The van der Waals surface area contributed by atoms with Gasteiger partial charge in [-0.1, -0.05) is 23.8 Å². The largest absolute Gasteiger partial charge is 0.496 e. The van der Waals surface area contributed by atoms with Crippen molar-refractivity contribution in [1.29, 1.82) is 0 Å². The van der Waals surface area contributed by atoms with Gasteiger partial charge in [0.05, 0.1) is 17.8 Å². The highest BCUT2D eigenvalue weighted by molar-refractivity contribution is 7.90. The first kappa shape index (κ1) is 20.5. The van der Waals surface area contributed by atoms with E-state index >= 15 is 0 Å². The molecule has 0 unspecified atom stereocenters. The molecule has 0 bridgehead atoms. The zero-order valence-corrected chi connectivity index (χ0v) is 17.1. The average molecular weight is 410 g/mol. The summed E-state index contributed by atoms with van der Waals surface area (Å²) in [6.45, 7) is 2.22. The van der Waals surface area contributed by atoms with Crippen molar-refractivity contribution in [2.75, 3.05) is 7.11 Å². The van der Waals surface area contributed by atoms with Crippen molar-refractivity contribution >= 4 is 15.7 Å². The lowest BCUT2D eigenvalue weighted by molar-refractivity contribution is 0.0950. The van der Waals surface area contributed by atoms with E-state index in [-0.39, 0.29) is 16.6 Å². The van der Waals surface area contributed by atoms with Crippen LogP contribution in [0.5, 0.6) is 5.75 Å². The smallest absolute Gasteiger partial charge is 0.251 e. The molecular weight excluding hydrogens is 388 g/mol. The molecule has 1 N–H and O–H groups in total. The standard InChI is InChI=1S/C22H22N2O4S/c1-16-5-8-20(9-6-16)29(26,27)15-19-12-18(7-10-21(19)28-2)22(25)24-14-17-4-3-11-23-13-17/h3-13H,14-15H2,1-2H3,(H,24,25). The Morgan fingerprint density at radius 3 is 2.52 bits per heavy atom. The number of hydrogen-bond donors (Lipinski definition) is 1. The predicted molar refractivity (Wildman–Crippen MR) is 110 cm³/mol. The third kappa shape index (κ3) is 5.20. The molecule has 0 saturated heterocycles. The minimum absolute atomic E-state index is 0.233. The van der Waals surface area contributed by atoms with Crippen molar-refractivity contribution in [3.05, 3.63) is 89.2 Å². The first-order valence-corrected chi connectivity index (χ1v) is 10.7. The second-order valence-corrected chi connectivity index (χ2v) is 8.63. The number of methoxy groups -OCH3 is 1. The van der Waals surface area contributed by atoms with E-state index in [1.807, 2.05) is 13.0 Å². The molecule has 3 rings (SSSR count). The van der Waals surface area contributed by atoms with Gasteiger partial charge in [0.15, 0.2) is 9.84 Å². The number of benzene rings is 2. The summed E-state index contributed by atoms with van der Waals surface area (Å²) < 4.78 is 30.9. The summed E-state index contributed by atoms with van der Waals surface area (Å²) in [5.74, 6) is -0.141. The lowest BCUT2D eigenvalue weighted by Crippen LogP contribution is -2.23. The zero-order valence-electron chi connectivity index (χ0n) is 16.3. The van der Waals surface area contributed by atoms with E-state index in [1.54, 1.807) is 60.9 Å². The second kappa shape index (κ2) is 8.87. The van der Waals surface area contributed by atoms with E-state index in [0.717, 1.165) is 11.1 Å². The molecule has 6 nitrogen and oxygen atoms in total. The highest BCUT2D eigenvalue weighted by atomic mass is 32.2. The van der Waals surface area contributed by atoms with Crippen LogP contribution in [0.15, 0.2) is 71.9 Å². The summed E-state index contributed by atoms with van der Waals surface area (Å²) in [5.41, 5.74) is 2.65. The number of pyridine rings is 1. The number of carbonyl (C=O) groups is 1. The predicted octanol–water partition coefficient (Wildman–Crippen LogP) is 3.30. The summed E-state index contributed by atoms with van der Waals surface area (Å²) in [6.07, 6.45) is 3.34. The molecule has 0 aliphatic rings. The molecule has 1 amide bonds. The Labute approximate surface area is 170 Å². The van der Waals surface area contributed by atoms with Gasteiger partial charge in [-0.05, 0) is 48.9 Å². The number of aromatic nitrogens is 1. The van der Waals surface area contributed by atoms with E-state index in [0.29, 0.717) is 23.4 Å². The fourth-order valence-corrected chi connectivity index (χ4v) is 4.21. The van der Waals surface area contributed by atoms with Crippen LogP contribution in [0.1, 0.15) is 27.0 Å². The fourth-order valence-electron chi connectivity index (χ4n) is 2.85. The third-order valence-electron chi connectivity index (χ3n) is 4.44. The number of aryl methyl sites for hydroxylation is 1. The molecule has 0 aliphatic carbocycles. The van der Waals surface area contributed by atoms with Crippen LogP contribution in [0.4, 0.5) is 0 Å². The highest BCUT2D eigenvalue weighted by Crippen LogP contribution is 2.25. The first-order chi connectivity index (χ1) is 13.9. The van der Waals surface area contributed by atoms with Gasteiger partial charge in [-0.2, -0.15) is 0 Å². The van der Waals surface area contributed by atoms with Gasteiger partial charge in [0, 0.05) is 30.1 Å². The van der Waals surface area contributed by atoms with Gasteiger partial charge in [-0.15, -0.1) is 0 Å². The quantitative estimate of drug-likeness (QED) is 0.646. The lowest BCUT2D eigenvalue weighted by atomic mass is 10.1. The lowest BCUT2D eigenvalue weighted by Gasteiger charge is -2.12. The molecule has 150 valence electrons. The van der Waals surface area contributed by atoms with E-state index in [4.69, 9.17) is 4.74 Å². The summed E-state index contributed by atoms with van der Waals surface area (Å²) >= 11 is 0. The Kier molecular flexibility index (Phi) is 6.29. The molecule has 0 saturated carbocycles. The molecular formula is C22H22N2O4S. The van der Waals surface area contributed by atoms with Crippen LogP contribution >= 0.6 is 0 Å². The van der Waals surface area contributed by atoms with Crippen molar-refractivity contribution in [3.8, 4) is 5.75 Å². The van der Waals surface area contributed by atoms with Crippen molar-refractivity contribution in [2.45, 2.75) is 24.1 Å². The van der Waals surface area contributed by atoms with Crippen LogP contribution < -0.4 is 10.1 Å². The molecule has 29 heavy (non-hydrogen) atoms. The number of ether oxygens (including phenoxy) is 1. The van der Waals surface area contributed by atoms with Crippen LogP contribution in [-0.4, -0.2) is 26.4 Å². The maximum absolute atomic E-state index is 12.8. The molecule has 1 aromatic heterocycles. The number of rotatable bonds is 7. The number of amides is 1. The molecule has 0 radical (unpaired) electrons. The van der Waals surface area contributed by atoms with Crippen molar-refractivity contribution < 1.29 is 17.9 Å². The van der Waals surface area contributed by atoms with Crippen molar-refractivity contribution in [1.82, 2.24) is 10.3 Å². The maximum atomic E-state index is 12.8. The maximum Gasteiger partial charge on any atom is 0.251 e. The number of sulfone groups is 1. The third-order valence-corrected chi connectivity index (χ3v) is 6.13. The van der Waals surface area contributed by atoms with Gasteiger partial charge >= 0.3 is 0 Å². The van der Waals surface area contributed by atoms with Gasteiger partial charge in [0.2, 0.25) is 0 Å². The van der Waals surface area contributed by atoms with E-state index in [2.05, 4.69) is 10.3 Å². The monoisotopic (exact) mass is 410 g/mol. The number of hydrogen-bond acceptors (Lipinski definition) is 5. The Morgan fingerprint density at radius 2 is 1.86 bits per heavy atom. The number of carbonyl (C=O) groups excluding carboxylic acids is 1. The molecule has 0 aliphatic heterocycles. The molecule has 7 heteroatoms. The normalized spacial score (nSPS) is 11.1. The molecule has 0 spiro atoms. The van der Waals surface area contributed by atoms with Crippen LogP contribution in [0.25, 0.3) is 0 Å². The van der Waals surface area contributed by atoms with Gasteiger partial charge in [-0.3, -0.25) is 9.78 Å². The Bertz CT molecular complexity index is 1100.